The van der Waals surface area contributed by atoms with Crippen LogP contribution < -0.4 is 0 Å². The third kappa shape index (κ3) is 2.26. The van der Waals surface area contributed by atoms with Crippen LogP contribution in [0, 0.1) is 0 Å². The number of fused-ring (bicyclic) bond motifs is 1. The Bertz CT molecular complexity index is 976. The molecule has 120 valence electrons. The molecular weight excluding hydrogens is 331 g/mol. The number of halogens is 3. The third-order valence-corrected chi connectivity index (χ3v) is 4.94. The molecule has 0 saturated heterocycles. The Morgan fingerprint density at radius 2 is 1.48 bits per heavy atom. The zero-order valence-electron chi connectivity index (χ0n) is 11.4. The van der Waals surface area contributed by atoms with Gasteiger partial charge in [-0.3, -0.25) is 4.57 Å². The topological polar surface area (TPSA) is 59.3 Å². The van der Waals surface area contributed by atoms with Crippen LogP contribution >= 0.6 is 0 Å². The maximum atomic E-state index is 12.9. The molecule has 0 unspecified atom stereocenters. The average molecular weight is 341 g/mol. The molecule has 3 aromatic rings. The Kier molecular flexibility index (Phi) is 3.36. The van der Waals surface area contributed by atoms with Crippen molar-refractivity contribution in [1.29, 1.82) is 0 Å². The summed E-state index contributed by atoms with van der Waals surface area (Å²) >= 11 is 0. The molecule has 23 heavy (non-hydrogen) atoms. The summed E-state index contributed by atoms with van der Waals surface area (Å²) in [7, 11) is -5.69. The minimum Gasteiger partial charge on any atom is -0.493 e. The van der Waals surface area contributed by atoms with Gasteiger partial charge in [-0.2, -0.15) is 13.2 Å². The fourth-order valence-corrected chi connectivity index (χ4v) is 3.44. The number of hydrogen-bond acceptors (Lipinski definition) is 3. The van der Waals surface area contributed by atoms with Crippen molar-refractivity contribution in [3.63, 3.8) is 0 Å². The van der Waals surface area contributed by atoms with Gasteiger partial charge in [-0.1, -0.05) is 36.4 Å². The van der Waals surface area contributed by atoms with E-state index in [1.54, 1.807) is 36.4 Å². The molecule has 0 aliphatic rings. The highest BCUT2D eigenvalue weighted by atomic mass is 32.2. The lowest BCUT2D eigenvalue weighted by Crippen LogP contribution is -2.23. The summed E-state index contributed by atoms with van der Waals surface area (Å²) in [5, 5.41) is 10.1. The van der Waals surface area contributed by atoms with E-state index in [9.17, 15) is 26.7 Å². The molecule has 2 aromatic carbocycles. The first kappa shape index (κ1) is 15.4. The number of alkyl halides is 3. The predicted octanol–water partition coefficient (Wildman–Crippen LogP) is 3.63. The molecule has 1 N–H and O–H groups in total. The molecule has 0 radical (unpaired) electrons. The first-order chi connectivity index (χ1) is 10.7. The third-order valence-electron chi connectivity index (χ3n) is 3.39. The molecule has 0 bridgehead atoms. The fraction of sp³-hybridized carbons (Fsp3) is 0.0667. The molecule has 0 fully saturated rings. The van der Waals surface area contributed by atoms with Crippen LogP contribution in [0.25, 0.3) is 16.6 Å². The van der Waals surface area contributed by atoms with Crippen LogP contribution in [-0.2, 0) is 9.84 Å². The standard InChI is InChI=1S/C15H10F3NO3S/c16-15(17,18)23(21,22)13-11-8-4-5-9-12(11)19(14(13)20)10-6-2-1-3-7-10/h1-9,20H. The van der Waals surface area contributed by atoms with Crippen molar-refractivity contribution < 1.29 is 26.7 Å². The Morgan fingerprint density at radius 1 is 0.913 bits per heavy atom. The number of aromatic hydroxyl groups is 1. The number of rotatable bonds is 2. The summed E-state index contributed by atoms with van der Waals surface area (Å²) in [5.74, 6) is -0.963. The summed E-state index contributed by atoms with van der Waals surface area (Å²) in [5.41, 5.74) is -4.99. The largest absolute Gasteiger partial charge is 0.502 e. The van der Waals surface area contributed by atoms with E-state index >= 15 is 0 Å². The Hall–Kier alpha value is -2.48. The molecule has 4 nitrogen and oxygen atoms in total. The first-order valence-electron chi connectivity index (χ1n) is 6.44. The summed E-state index contributed by atoms with van der Waals surface area (Å²) in [6.45, 7) is 0. The molecule has 0 aliphatic heterocycles. The van der Waals surface area contributed by atoms with Crippen LogP contribution in [0.3, 0.4) is 0 Å². The van der Waals surface area contributed by atoms with Crippen LogP contribution in [-0.4, -0.2) is 23.6 Å². The van der Waals surface area contributed by atoms with Crippen LogP contribution in [0.2, 0.25) is 0 Å². The lowest BCUT2D eigenvalue weighted by Gasteiger charge is -2.09. The highest BCUT2D eigenvalue weighted by Crippen LogP contribution is 2.42. The number of sulfone groups is 1. The van der Waals surface area contributed by atoms with E-state index in [-0.39, 0.29) is 10.9 Å². The lowest BCUT2D eigenvalue weighted by molar-refractivity contribution is -0.0436. The number of aromatic nitrogens is 1. The van der Waals surface area contributed by atoms with Gasteiger partial charge in [-0.25, -0.2) is 8.42 Å². The molecule has 0 spiro atoms. The Labute approximate surface area is 129 Å². The maximum Gasteiger partial charge on any atom is 0.502 e. The fourth-order valence-electron chi connectivity index (χ4n) is 2.42. The summed E-state index contributed by atoms with van der Waals surface area (Å²) in [4.78, 5) is -1.13. The van der Waals surface area contributed by atoms with E-state index < -0.39 is 26.1 Å². The SMILES string of the molecule is O=S(=O)(c1c(O)n(-c2ccccc2)c2ccccc12)C(F)(F)F. The van der Waals surface area contributed by atoms with E-state index in [4.69, 9.17) is 0 Å². The molecule has 1 aromatic heterocycles. The molecule has 1 heterocycles. The number of benzene rings is 2. The second-order valence-electron chi connectivity index (χ2n) is 4.79. The van der Waals surface area contributed by atoms with Gasteiger partial charge in [0.05, 0.1) is 5.52 Å². The second-order valence-corrected chi connectivity index (χ2v) is 6.67. The number of hydrogen-bond donors (Lipinski definition) is 1. The zero-order valence-corrected chi connectivity index (χ0v) is 12.3. The molecule has 0 amide bonds. The van der Waals surface area contributed by atoms with Gasteiger partial charge in [0.25, 0.3) is 9.84 Å². The van der Waals surface area contributed by atoms with Crippen molar-refractivity contribution in [3.05, 3.63) is 54.6 Å². The minimum atomic E-state index is -5.69. The van der Waals surface area contributed by atoms with E-state index in [0.29, 0.717) is 5.69 Å². The highest BCUT2D eigenvalue weighted by molar-refractivity contribution is 7.92. The van der Waals surface area contributed by atoms with Gasteiger partial charge in [-0.05, 0) is 18.2 Å². The van der Waals surface area contributed by atoms with Gasteiger partial charge < -0.3 is 5.11 Å². The quantitative estimate of drug-likeness (QED) is 0.774. The van der Waals surface area contributed by atoms with Gasteiger partial charge in [0.2, 0.25) is 5.88 Å². The van der Waals surface area contributed by atoms with E-state index in [2.05, 4.69) is 0 Å². The predicted molar refractivity (Wildman–Crippen MR) is 78.2 cm³/mol. The summed E-state index contributed by atoms with van der Waals surface area (Å²) < 4.78 is 63.5. The zero-order chi connectivity index (χ0) is 16.8. The van der Waals surface area contributed by atoms with Crippen molar-refractivity contribution in [1.82, 2.24) is 4.57 Å². The van der Waals surface area contributed by atoms with Crippen molar-refractivity contribution in [2.75, 3.05) is 0 Å². The molecule has 8 heteroatoms. The smallest absolute Gasteiger partial charge is 0.493 e. The van der Waals surface area contributed by atoms with Gasteiger partial charge in [-0.15, -0.1) is 0 Å². The maximum absolute atomic E-state index is 12.9. The normalized spacial score (nSPS) is 12.7. The van der Waals surface area contributed by atoms with Crippen LogP contribution in [0.1, 0.15) is 0 Å². The first-order valence-corrected chi connectivity index (χ1v) is 7.92. The van der Waals surface area contributed by atoms with Gasteiger partial charge in [0.1, 0.15) is 4.90 Å². The van der Waals surface area contributed by atoms with Crippen LogP contribution in [0.5, 0.6) is 5.88 Å². The van der Waals surface area contributed by atoms with Gasteiger partial charge >= 0.3 is 5.51 Å². The van der Waals surface area contributed by atoms with E-state index in [0.717, 1.165) is 4.57 Å². The monoisotopic (exact) mass is 341 g/mol. The second kappa shape index (κ2) is 5.02. The summed E-state index contributed by atoms with van der Waals surface area (Å²) in [6.07, 6.45) is 0. The van der Waals surface area contributed by atoms with Crippen molar-refractivity contribution >= 4 is 20.7 Å². The van der Waals surface area contributed by atoms with E-state index in [1.165, 1.54) is 18.2 Å². The minimum absolute atomic E-state index is 0.166. The molecule has 0 saturated carbocycles. The van der Waals surface area contributed by atoms with Crippen LogP contribution in [0.4, 0.5) is 13.2 Å². The summed E-state index contributed by atoms with van der Waals surface area (Å²) in [6, 6.07) is 13.7. The lowest BCUT2D eigenvalue weighted by atomic mass is 10.2. The average Bonchev–Trinajstić information content (AvgIpc) is 2.79. The van der Waals surface area contributed by atoms with Crippen molar-refractivity contribution in [3.8, 4) is 11.6 Å². The van der Waals surface area contributed by atoms with Gasteiger partial charge in [0, 0.05) is 11.1 Å². The molecule has 3 rings (SSSR count). The van der Waals surface area contributed by atoms with Gasteiger partial charge in [0.15, 0.2) is 0 Å². The molecular formula is C15H10F3NO3S. The van der Waals surface area contributed by atoms with E-state index in [1.807, 2.05) is 0 Å². The molecule has 0 aliphatic carbocycles. The number of para-hydroxylation sites is 2. The van der Waals surface area contributed by atoms with Crippen molar-refractivity contribution in [2.24, 2.45) is 0 Å². The van der Waals surface area contributed by atoms with Crippen molar-refractivity contribution in [2.45, 2.75) is 10.4 Å². The van der Waals surface area contributed by atoms with Crippen LogP contribution in [0.15, 0.2) is 59.5 Å². The number of nitrogens with zero attached hydrogens (tertiary/aromatic N) is 1. The Balaban J connectivity index is 2.45. The Morgan fingerprint density at radius 3 is 2.09 bits per heavy atom. The molecule has 0 atom stereocenters. The highest BCUT2D eigenvalue weighted by Gasteiger charge is 2.50.